The molecule has 0 aliphatic rings. The van der Waals surface area contributed by atoms with Crippen LogP contribution in [-0.4, -0.2) is 17.9 Å². The first-order valence-corrected chi connectivity index (χ1v) is 4.37. The molecule has 1 rings (SSSR count). The first-order chi connectivity index (χ1) is 6.61. The van der Waals surface area contributed by atoms with Crippen molar-refractivity contribution in [2.75, 3.05) is 0 Å². The van der Waals surface area contributed by atoms with E-state index < -0.39 is 12.1 Å². The molecule has 0 fully saturated rings. The summed E-state index contributed by atoms with van der Waals surface area (Å²) in [6.07, 6.45) is -0.678. The smallest absolute Gasteiger partial charge is 0.338 e. The van der Waals surface area contributed by atoms with Gasteiger partial charge in [0.15, 0.2) is 11.9 Å². The Hall–Kier alpha value is -1.64. The molecule has 14 heavy (non-hydrogen) atoms. The largest absolute Gasteiger partial charge is 0.451 e. The standard InChI is InChI=1S/C11H12O3/c1-8(12)9(2)14-11(13)10-6-4-3-5-7-10/h3-7,9H,1-2H3/t9-/m0/s1. The van der Waals surface area contributed by atoms with Crippen molar-refractivity contribution in [2.45, 2.75) is 20.0 Å². The van der Waals surface area contributed by atoms with Gasteiger partial charge < -0.3 is 4.74 Å². The van der Waals surface area contributed by atoms with E-state index in [1.165, 1.54) is 6.92 Å². The van der Waals surface area contributed by atoms with Gasteiger partial charge in [-0.1, -0.05) is 18.2 Å². The predicted molar refractivity (Wildman–Crippen MR) is 52.0 cm³/mol. The number of esters is 1. The van der Waals surface area contributed by atoms with Crippen molar-refractivity contribution in [2.24, 2.45) is 0 Å². The number of hydrogen-bond donors (Lipinski definition) is 0. The van der Waals surface area contributed by atoms with Gasteiger partial charge >= 0.3 is 5.97 Å². The van der Waals surface area contributed by atoms with Gasteiger partial charge in [0.25, 0.3) is 0 Å². The molecular weight excluding hydrogens is 180 g/mol. The zero-order valence-electron chi connectivity index (χ0n) is 8.19. The third-order valence-corrected chi connectivity index (χ3v) is 1.87. The quantitative estimate of drug-likeness (QED) is 0.686. The van der Waals surface area contributed by atoms with Gasteiger partial charge in [-0.3, -0.25) is 4.79 Å². The Kier molecular flexibility index (Phi) is 3.40. The fourth-order valence-electron chi connectivity index (χ4n) is 0.886. The van der Waals surface area contributed by atoms with Crippen LogP contribution in [0.4, 0.5) is 0 Å². The van der Waals surface area contributed by atoms with Crippen molar-refractivity contribution in [3.05, 3.63) is 35.9 Å². The number of rotatable bonds is 3. The predicted octanol–water partition coefficient (Wildman–Crippen LogP) is 1.82. The lowest BCUT2D eigenvalue weighted by Gasteiger charge is -2.09. The Morgan fingerprint density at radius 3 is 2.29 bits per heavy atom. The third-order valence-electron chi connectivity index (χ3n) is 1.87. The third kappa shape index (κ3) is 2.69. The summed E-state index contributed by atoms with van der Waals surface area (Å²) >= 11 is 0. The first kappa shape index (κ1) is 10.4. The van der Waals surface area contributed by atoms with E-state index in [-0.39, 0.29) is 5.78 Å². The van der Waals surface area contributed by atoms with Crippen molar-refractivity contribution in [1.82, 2.24) is 0 Å². The van der Waals surface area contributed by atoms with Crippen LogP contribution in [0.25, 0.3) is 0 Å². The van der Waals surface area contributed by atoms with Gasteiger partial charge in [0, 0.05) is 0 Å². The zero-order valence-corrected chi connectivity index (χ0v) is 8.19. The monoisotopic (exact) mass is 192 g/mol. The van der Waals surface area contributed by atoms with E-state index in [0.717, 1.165) is 0 Å². The normalized spacial score (nSPS) is 11.9. The van der Waals surface area contributed by atoms with E-state index in [2.05, 4.69) is 0 Å². The summed E-state index contributed by atoms with van der Waals surface area (Å²) in [7, 11) is 0. The van der Waals surface area contributed by atoms with Crippen LogP contribution in [0.1, 0.15) is 24.2 Å². The Morgan fingerprint density at radius 2 is 1.79 bits per heavy atom. The van der Waals surface area contributed by atoms with Gasteiger partial charge in [-0.2, -0.15) is 0 Å². The SMILES string of the molecule is CC(=O)[C@H](C)OC(=O)c1ccccc1. The highest BCUT2D eigenvalue weighted by atomic mass is 16.5. The molecule has 0 spiro atoms. The van der Waals surface area contributed by atoms with Crippen LogP contribution in [0.3, 0.4) is 0 Å². The zero-order chi connectivity index (χ0) is 10.6. The molecule has 0 amide bonds. The summed E-state index contributed by atoms with van der Waals surface area (Å²) in [6.45, 7) is 2.95. The molecule has 0 aliphatic heterocycles. The van der Waals surface area contributed by atoms with Crippen LogP contribution in [0.15, 0.2) is 30.3 Å². The lowest BCUT2D eigenvalue weighted by molar-refractivity contribution is -0.124. The van der Waals surface area contributed by atoms with E-state index in [0.29, 0.717) is 5.56 Å². The summed E-state index contributed by atoms with van der Waals surface area (Å²) in [4.78, 5) is 22.2. The number of ether oxygens (including phenoxy) is 1. The summed E-state index contributed by atoms with van der Waals surface area (Å²) in [5.41, 5.74) is 0.459. The van der Waals surface area contributed by atoms with Crippen LogP contribution >= 0.6 is 0 Å². The lowest BCUT2D eigenvalue weighted by Crippen LogP contribution is -2.21. The number of Topliss-reactive ketones (excluding diaryl/α,β-unsaturated/α-hetero) is 1. The Balaban J connectivity index is 2.64. The Morgan fingerprint density at radius 1 is 1.21 bits per heavy atom. The molecule has 1 aromatic carbocycles. The maximum absolute atomic E-state index is 11.4. The van der Waals surface area contributed by atoms with E-state index in [1.807, 2.05) is 6.07 Å². The molecule has 74 valence electrons. The minimum absolute atomic E-state index is 0.158. The molecular formula is C11H12O3. The molecule has 0 radical (unpaired) electrons. The van der Waals surface area contributed by atoms with Crippen LogP contribution in [-0.2, 0) is 9.53 Å². The maximum Gasteiger partial charge on any atom is 0.338 e. The van der Waals surface area contributed by atoms with Gasteiger partial charge in [-0.25, -0.2) is 4.79 Å². The molecule has 1 aromatic rings. The molecule has 0 N–H and O–H groups in total. The average molecular weight is 192 g/mol. The number of carbonyl (C=O) groups excluding carboxylic acids is 2. The van der Waals surface area contributed by atoms with Crippen LogP contribution in [0.2, 0.25) is 0 Å². The van der Waals surface area contributed by atoms with Gasteiger partial charge in [0.05, 0.1) is 5.56 Å². The molecule has 0 saturated carbocycles. The van der Waals surface area contributed by atoms with Crippen LogP contribution in [0.5, 0.6) is 0 Å². The number of hydrogen-bond acceptors (Lipinski definition) is 3. The van der Waals surface area contributed by atoms with Gasteiger partial charge in [-0.15, -0.1) is 0 Å². The summed E-state index contributed by atoms with van der Waals surface area (Å²) in [5.74, 6) is -0.623. The van der Waals surface area contributed by atoms with Gasteiger partial charge in [-0.05, 0) is 26.0 Å². The Labute approximate surface area is 82.7 Å². The number of benzene rings is 1. The average Bonchev–Trinajstić information content (AvgIpc) is 2.19. The van der Waals surface area contributed by atoms with E-state index >= 15 is 0 Å². The molecule has 0 bridgehead atoms. The van der Waals surface area contributed by atoms with Crippen molar-refractivity contribution in [3.63, 3.8) is 0 Å². The molecule has 0 unspecified atom stereocenters. The minimum Gasteiger partial charge on any atom is -0.451 e. The fourth-order valence-corrected chi connectivity index (χ4v) is 0.886. The number of carbonyl (C=O) groups is 2. The maximum atomic E-state index is 11.4. The van der Waals surface area contributed by atoms with Crippen LogP contribution < -0.4 is 0 Å². The molecule has 0 aliphatic carbocycles. The second-order valence-corrected chi connectivity index (χ2v) is 3.02. The first-order valence-electron chi connectivity index (χ1n) is 4.37. The summed E-state index contributed by atoms with van der Waals surface area (Å²) in [6, 6.07) is 8.60. The number of ketones is 1. The van der Waals surface area contributed by atoms with Crippen molar-refractivity contribution in [1.29, 1.82) is 0 Å². The van der Waals surface area contributed by atoms with Crippen molar-refractivity contribution in [3.8, 4) is 0 Å². The summed E-state index contributed by atoms with van der Waals surface area (Å²) in [5, 5.41) is 0. The molecule has 0 aromatic heterocycles. The van der Waals surface area contributed by atoms with Crippen molar-refractivity contribution < 1.29 is 14.3 Å². The van der Waals surface area contributed by atoms with Crippen LogP contribution in [0, 0.1) is 0 Å². The van der Waals surface area contributed by atoms with E-state index in [1.54, 1.807) is 31.2 Å². The molecule has 1 atom stereocenters. The summed E-state index contributed by atoms with van der Waals surface area (Å²) < 4.78 is 4.91. The fraction of sp³-hybridized carbons (Fsp3) is 0.273. The second-order valence-electron chi connectivity index (χ2n) is 3.02. The lowest BCUT2D eigenvalue weighted by atomic mass is 10.2. The Bertz CT molecular complexity index is 330. The highest BCUT2D eigenvalue weighted by Crippen LogP contribution is 2.03. The molecule has 0 saturated heterocycles. The second kappa shape index (κ2) is 4.56. The highest BCUT2D eigenvalue weighted by Gasteiger charge is 2.14. The van der Waals surface area contributed by atoms with Crippen molar-refractivity contribution >= 4 is 11.8 Å². The van der Waals surface area contributed by atoms with E-state index in [9.17, 15) is 9.59 Å². The molecule has 3 heteroatoms. The van der Waals surface area contributed by atoms with Gasteiger partial charge in [0.1, 0.15) is 0 Å². The minimum atomic E-state index is -0.678. The van der Waals surface area contributed by atoms with Gasteiger partial charge in [0.2, 0.25) is 0 Å². The topological polar surface area (TPSA) is 43.4 Å². The highest BCUT2D eigenvalue weighted by molar-refractivity contribution is 5.92. The van der Waals surface area contributed by atoms with E-state index in [4.69, 9.17) is 4.74 Å². The molecule has 3 nitrogen and oxygen atoms in total. The molecule has 0 heterocycles.